The summed E-state index contributed by atoms with van der Waals surface area (Å²) in [6.07, 6.45) is 0.332. The Balaban J connectivity index is 1.98. The van der Waals surface area contributed by atoms with Crippen molar-refractivity contribution < 1.29 is 10.9 Å². The first-order chi connectivity index (χ1) is 10.7. The average molecular weight is 318 g/mol. The molecule has 2 nitrogen and oxygen atoms in total. The van der Waals surface area contributed by atoms with E-state index in [1.165, 1.54) is 40.0 Å². The number of esters is 1. The van der Waals surface area contributed by atoms with Gasteiger partial charge in [0, 0.05) is 19.1 Å². The molecular weight excluding hydrogens is 300 g/mol. The van der Waals surface area contributed by atoms with Crippen LogP contribution in [-0.4, -0.2) is 18.8 Å². The molecule has 1 aliphatic rings. The van der Waals surface area contributed by atoms with E-state index in [-0.39, 0.29) is 11.9 Å². The Hall–Kier alpha value is -1.39. The van der Waals surface area contributed by atoms with Crippen LogP contribution in [0.2, 0.25) is 0 Å². The van der Waals surface area contributed by atoms with Gasteiger partial charge in [-0.25, -0.2) is 0 Å². The molecule has 0 amide bonds. The van der Waals surface area contributed by atoms with Crippen molar-refractivity contribution in [3.63, 3.8) is 0 Å². The Bertz CT molecular complexity index is 703. The maximum atomic E-state index is 11.2. The number of ether oxygens (including phenoxy) is 1. The smallest absolute Gasteiger partial charge is 0.302 e. The topological polar surface area (TPSA) is 26.3 Å². The zero-order chi connectivity index (χ0) is 15.5. The lowest BCUT2D eigenvalue weighted by Gasteiger charge is -2.14. The SMILES string of the molecule is [3H]CSSc1ccc2c(c1)C(COC(C)=O)c1ccccc1-2. The summed E-state index contributed by atoms with van der Waals surface area (Å²) < 4.78 is 12.5. The van der Waals surface area contributed by atoms with E-state index in [1.54, 1.807) is 10.8 Å². The van der Waals surface area contributed by atoms with Crippen LogP contribution in [0.1, 0.15) is 25.3 Å². The third-order valence-electron chi connectivity index (χ3n) is 3.63. The molecule has 0 saturated carbocycles. The Kier molecular flexibility index (Phi) is 3.90. The molecule has 1 atom stereocenters. The first-order valence-electron chi connectivity index (χ1n) is 7.36. The van der Waals surface area contributed by atoms with E-state index in [2.05, 4.69) is 30.3 Å². The maximum absolute atomic E-state index is 11.2. The molecule has 1 unspecified atom stereocenters. The summed E-state index contributed by atoms with van der Waals surface area (Å²) in [5.41, 5.74) is 4.86. The van der Waals surface area contributed by atoms with Crippen molar-refractivity contribution in [2.45, 2.75) is 17.7 Å². The third-order valence-corrected chi connectivity index (χ3v) is 5.13. The van der Waals surface area contributed by atoms with Gasteiger partial charge in [-0.2, -0.15) is 0 Å². The van der Waals surface area contributed by atoms with Crippen LogP contribution < -0.4 is 0 Å². The van der Waals surface area contributed by atoms with Crippen LogP contribution in [0, 0.1) is 0 Å². The van der Waals surface area contributed by atoms with E-state index in [0.717, 1.165) is 4.90 Å². The normalized spacial score (nSPS) is 16.0. The molecule has 1 aliphatic carbocycles. The predicted molar refractivity (Wildman–Crippen MR) is 89.7 cm³/mol. The van der Waals surface area contributed by atoms with Gasteiger partial charge < -0.3 is 4.74 Å². The van der Waals surface area contributed by atoms with Gasteiger partial charge in [-0.15, -0.1) is 0 Å². The summed E-state index contributed by atoms with van der Waals surface area (Å²) in [5.74, 6) is -0.155. The second kappa shape index (κ2) is 6.16. The molecule has 0 aromatic heterocycles. The number of benzene rings is 2. The Morgan fingerprint density at radius 3 is 2.86 bits per heavy atom. The van der Waals surface area contributed by atoms with Crippen LogP contribution in [0.25, 0.3) is 11.1 Å². The number of carbonyl (C=O) groups is 1. The van der Waals surface area contributed by atoms with E-state index in [1.807, 2.05) is 12.1 Å². The van der Waals surface area contributed by atoms with Crippen molar-refractivity contribution in [2.24, 2.45) is 0 Å². The van der Waals surface area contributed by atoms with Gasteiger partial charge in [0.25, 0.3) is 0 Å². The van der Waals surface area contributed by atoms with Crippen LogP contribution >= 0.6 is 21.6 Å². The lowest BCUT2D eigenvalue weighted by atomic mass is 9.98. The molecule has 2 aromatic rings. The summed E-state index contributed by atoms with van der Waals surface area (Å²) in [7, 11) is 3.12. The fourth-order valence-corrected chi connectivity index (χ4v) is 3.94. The molecule has 0 radical (unpaired) electrons. The molecule has 0 aliphatic heterocycles. The average Bonchev–Trinajstić information content (AvgIpc) is 2.84. The molecule has 2 aromatic carbocycles. The summed E-state index contributed by atoms with van der Waals surface area (Å²) in [6, 6.07) is 14.7. The number of hydrogen-bond acceptors (Lipinski definition) is 4. The molecular formula is C17H16O2S2. The van der Waals surface area contributed by atoms with Crippen LogP contribution in [0.15, 0.2) is 47.4 Å². The summed E-state index contributed by atoms with van der Waals surface area (Å²) in [5, 5.41) is 0. The van der Waals surface area contributed by atoms with Gasteiger partial charge >= 0.3 is 5.97 Å². The van der Waals surface area contributed by atoms with Crippen molar-refractivity contribution in [3.8, 4) is 11.1 Å². The van der Waals surface area contributed by atoms with Crippen LogP contribution in [-0.2, 0) is 9.53 Å². The van der Waals surface area contributed by atoms with Gasteiger partial charge in [-0.05, 0) is 40.6 Å². The minimum Gasteiger partial charge on any atom is -0.465 e. The Morgan fingerprint density at radius 1 is 1.24 bits per heavy atom. The minimum absolute atomic E-state index is 0.0941. The van der Waals surface area contributed by atoms with Gasteiger partial charge in [-0.1, -0.05) is 51.9 Å². The Morgan fingerprint density at radius 2 is 2.05 bits per heavy atom. The first-order valence-corrected chi connectivity index (χ1v) is 8.98. The highest BCUT2D eigenvalue weighted by molar-refractivity contribution is 8.76. The zero-order valence-electron chi connectivity index (χ0n) is 12.7. The van der Waals surface area contributed by atoms with Crippen molar-refractivity contribution >= 4 is 27.6 Å². The molecule has 108 valence electrons. The van der Waals surface area contributed by atoms with Gasteiger partial charge in [0.1, 0.15) is 6.61 Å². The molecule has 0 heterocycles. The lowest BCUT2D eigenvalue weighted by molar-refractivity contribution is -0.141. The summed E-state index contributed by atoms with van der Waals surface area (Å²) in [4.78, 5) is 12.3. The standard InChI is InChI=1S/C17H16O2S2/c1-11(18)19-10-17-14-6-4-3-5-13(14)15-8-7-12(21-20-2)9-16(15)17/h3-9,17H,10H2,1-2H3/i2T. The van der Waals surface area contributed by atoms with E-state index in [0.29, 0.717) is 12.8 Å². The van der Waals surface area contributed by atoms with Crippen molar-refractivity contribution in [3.05, 3.63) is 53.6 Å². The van der Waals surface area contributed by atoms with Gasteiger partial charge in [-0.3, -0.25) is 4.79 Å². The minimum atomic E-state index is -0.249. The molecule has 0 bridgehead atoms. The lowest BCUT2D eigenvalue weighted by Crippen LogP contribution is -2.09. The maximum Gasteiger partial charge on any atom is 0.302 e. The van der Waals surface area contributed by atoms with E-state index >= 15 is 0 Å². The highest BCUT2D eigenvalue weighted by Gasteiger charge is 2.29. The van der Waals surface area contributed by atoms with Crippen molar-refractivity contribution in [1.82, 2.24) is 0 Å². The number of carbonyl (C=O) groups excluding carboxylic acids is 1. The van der Waals surface area contributed by atoms with Crippen molar-refractivity contribution in [2.75, 3.05) is 12.8 Å². The molecule has 0 N–H and O–H groups in total. The van der Waals surface area contributed by atoms with E-state index < -0.39 is 0 Å². The van der Waals surface area contributed by atoms with Gasteiger partial charge in [0.15, 0.2) is 0 Å². The molecule has 21 heavy (non-hydrogen) atoms. The van der Waals surface area contributed by atoms with Gasteiger partial charge in [0.05, 0.1) is 0 Å². The predicted octanol–water partition coefficient (Wildman–Crippen LogP) is 4.73. The third kappa shape index (κ3) is 2.83. The highest BCUT2D eigenvalue weighted by Crippen LogP contribution is 2.46. The van der Waals surface area contributed by atoms with E-state index in [4.69, 9.17) is 6.11 Å². The quantitative estimate of drug-likeness (QED) is 0.601. The fourth-order valence-electron chi connectivity index (χ4n) is 2.79. The van der Waals surface area contributed by atoms with E-state index in [9.17, 15) is 4.79 Å². The van der Waals surface area contributed by atoms with Crippen molar-refractivity contribution in [1.29, 1.82) is 0 Å². The molecule has 0 spiro atoms. The fraction of sp³-hybridized carbons (Fsp3) is 0.235. The van der Waals surface area contributed by atoms with Crippen LogP contribution in [0.5, 0.6) is 0 Å². The number of rotatable bonds is 4. The Labute approximate surface area is 134 Å². The molecule has 0 fully saturated rings. The monoisotopic (exact) mass is 318 g/mol. The zero-order valence-corrected chi connectivity index (χ0v) is 13.3. The second-order valence-electron chi connectivity index (χ2n) is 4.89. The number of hydrogen-bond donors (Lipinski definition) is 0. The van der Waals surface area contributed by atoms with Gasteiger partial charge in [0.2, 0.25) is 0 Å². The largest absolute Gasteiger partial charge is 0.465 e. The summed E-state index contributed by atoms with van der Waals surface area (Å²) >= 11 is 0. The molecule has 4 heteroatoms. The summed E-state index contributed by atoms with van der Waals surface area (Å²) in [6.45, 7) is 1.82. The van der Waals surface area contributed by atoms with Crippen LogP contribution in [0.3, 0.4) is 0 Å². The molecule has 3 rings (SSSR count). The second-order valence-corrected chi connectivity index (χ2v) is 6.97. The highest BCUT2D eigenvalue weighted by atomic mass is 33.1. The first kappa shape index (κ1) is 13.3. The number of fused-ring (bicyclic) bond motifs is 3. The molecule has 0 saturated heterocycles. The van der Waals surface area contributed by atoms with Crippen LogP contribution in [0.4, 0.5) is 0 Å².